The van der Waals surface area contributed by atoms with Crippen LogP contribution in [0.3, 0.4) is 0 Å². The fourth-order valence-electron chi connectivity index (χ4n) is 4.21. The van der Waals surface area contributed by atoms with Crippen molar-refractivity contribution in [1.29, 1.82) is 0 Å². The van der Waals surface area contributed by atoms with Crippen LogP contribution in [-0.4, -0.2) is 57.9 Å². The molecule has 0 bridgehead atoms. The number of amides is 1. The molecule has 1 atom stereocenters. The molecule has 1 unspecified atom stereocenters. The van der Waals surface area contributed by atoms with Crippen molar-refractivity contribution in [3.05, 3.63) is 71.2 Å². The van der Waals surface area contributed by atoms with Gasteiger partial charge in [-0.25, -0.2) is 9.67 Å². The minimum atomic E-state index is -0.125. The molecule has 0 aliphatic carbocycles. The van der Waals surface area contributed by atoms with Crippen LogP contribution < -0.4 is 5.32 Å². The molecular weight excluding hydrogens is 434 g/mol. The maximum absolute atomic E-state index is 13.3. The number of morpholine rings is 1. The number of pyridine rings is 1. The highest BCUT2D eigenvalue weighted by Gasteiger charge is 2.23. The zero-order chi connectivity index (χ0) is 22.6. The Hall–Kier alpha value is -3.07. The van der Waals surface area contributed by atoms with E-state index in [0.29, 0.717) is 25.3 Å². The number of hydrogen-bond donors (Lipinski definition) is 1. The zero-order valence-electron chi connectivity index (χ0n) is 18.6. The Balaban J connectivity index is 1.30. The molecule has 33 heavy (non-hydrogen) atoms. The zero-order valence-corrected chi connectivity index (χ0v) is 19.4. The monoisotopic (exact) mass is 461 g/mol. The number of carbonyl (C=O) groups is 1. The molecule has 0 radical (unpaired) electrons. The maximum Gasteiger partial charge on any atom is 0.252 e. The van der Waals surface area contributed by atoms with Crippen molar-refractivity contribution >= 4 is 28.3 Å². The van der Waals surface area contributed by atoms with Gasteiger partial charge in [0.2, 0.25) is 0 Å². The lowest BCUT2D eigenvalue weighted by Gasteiger charge is -2.33. The van der Waals surface area contributed by atoms with E-state index >= 15 is 0 Å². The van der Waals surface area contributed by atoms with E-state index in [1.54, 1.807) is 17.5 Å². The Bertz CT molecular complexity index is 1220. The first kappa shape index (κ1) is 21.8. The van der Waals surface area contributed by atoms with E-state index in [0.717, 1.165) is 41.2 Å². The van der Waals surface area contributed by atoms with Gasteiger partial charge in [-0.15, -0.1) is 11.3 Å². The smallest absolute Gasteiger partial charge is 0.252 e. The summed E-state index contributed by atoms with van der Waals surface area (Å²) in [5, 5.41) is 10.3. The number of benzene rings is 1. The van der Waals surface area contributed by atoms with Gasteiger partial charge >= 0.3 is 0 Å². The molecule has 170 valence electrons. The molecule has 1 fully saturated rings. The second kappa shape index (κ2) is 9.82. The number of aryl methyl sites for hydroxylation is 1. The van der Waals surface area contributed by atoms with Crippen molar-refractivity contribution in [1.82, 2.24) is 25.0 Å². The summed E-state index contributed by atoms with van der Waals surface area (Å²) in [5.41, 5.74) is 3.41. The number of nitrogens with zero attached hydrogens (tertiary/aromatic N) is 4. The van der Waals surface area contributed by atoms with Crippen LogP contribution in [0, 0.1) is 0 Å². The molecule has 5 rings (SSSR count). The lowest BCUT2D eigenvalue weighted by atomic mass is 10.1. The summed E-state index contributed by atoms with van der Waals surface area (Å²) < 4.78 is 7.77. The highest BCUT2D eigenvalue weighted by atomic mass is 32.1. The molecule has 1 aliphatic rings. The summed E-state index contributed by atoms with van der Waals surface area (Å²) in [4.78, 5) is 21.4. The van der Waals surface area contributed by atoms with E-state index in [4.69, 9.17) is 9.72 Å². The summed E-state index contributed by atoms with van der Waals surface area (Å²) in [6.07, 6.45) is 1.69. The molecular formula is C25H27N5O2S. The van der Waals surface area contributed by atoms with Crippen molar-refractivity contribution in [2.75, 3.05) is 26.2 Å². The van der Waals surface area contributed by atoms with Gasteiger partial charge in [-0.2, -0.15) is 5.10 Å². The highest BCUT2D eigenvalue weighted by molar-refractivity contribution is 7.13. The van der Waals surface area contributed by atoms with Crippen LogP contribution in [0.2, 0.25) is 0 Å². The molecule has 4 aromatic rings. The molecule has 0 saturated carbocycles. The SMILES string of the molecule is CCn1ncc2c(C(=O)NCC3CN(Cc4ccccc4)CCO3)cc(-c3cccs3)nc21. The van der Waals surface area contributed by atoms with Crippen molar-refractivity contribution in [3.63, 3.8) is 0 Å². The summed E-state index contributed by atoms with van der Waals surface area (Å²) >= 11 is 1.61. The molecule has 1 aromatic carbocycles. The predicted molar refractivity (Wildman–Crippen MR) is 130 cm³/mol. The van der Waals surface area contributed by atoms with E-state index in [1.165, 1.54) is 5.56 Å². The van der Waals surface area contributed by atoms with Crippen LogP contribution in [0.15, 0.2) is 60.1 Å². The Kier molecular flexibility index (Phi) is 6.48. The molecule has 1 aliphatic heterocycles. The topological polar surface area (TPSA) is 72.3 Å². The molecule has 1 saturated heterocycles. The number of fused-ring (bicyclic) bond motifs is 1. The van der Waals surface area contributed by atoms with Crippen molar-refractivity contribution < 1.29 is 9.53 Å². The van der Waals surface area contributed by atoms with E-state index in [1.807, 2.05) is 41.3 Å². The third-order valence-electron chi connectivity index (χ3n) is 5.89. The molecule has 7 nitrogen and oxygen atoms in total. The lowest BCUT2D eigenvalue weighted by molar-refractivity contribution is -0.0292. The number of thiophene rings is 1. The Morgan fingerprint density at radius 3 is 2.91 bits per heavy atom. The van der Waals surface area contributed by atoms with Crippen molar-refractivity contribution in [2.24, 2.45) is 0 Å². The van der Waals surface area contributed by atoms with E-state index in [2.05, 4.69) is 39.6 Å². The summed E-state index contributed by atoms with van der Waals surface area (Å²) in [6, 6.07) is 16.3. The Labute approximate surface area is 197 Å². The van der Waals surface area contributed by atoms with E-state index in [9.17, 15) is 4.79 Å². The fraction of sp³-hybridized carbons (Fsp3) is 0.320. The van der Waals surface area contributed by atoms with Crippen molar-refractivity contribution in [3.8, 4) is 10.6 Å². The quantitative estimate of drug-likeness (QED) is 0.453. The minimum absolute atomic E-state index is 0.0427. The van der Waals surface area contributed by atoms with Gasteiger partial charge in [0.05, 0.1) is 40.4 Å². The average Bonchev–Trinajstić information content (AvgIpc) is 3.53. The standard InChI is InChI=1S/C25H27N5O2S/c1-2-30-24-21(15-27-30)20(13-22(28-24)23-9-6-12-33-23)25(31)26-14-19-17-29(10-11-32-19)16-18-7-4-3-5-8-18/h3-9,12-13,15,19H,2,10-11,14,16-17H2,1H3,(H,26,31). The molecule has 1 amide bonds. The Morgan fingerprint density at radius 2 is 2.12 bits per heavy atom. The van der Waals surface area contributed by atoms with Gasteiger partial charge < -0.3 is 10.1 Å². The molecule has 4 heterocycles. The number of rotatable bonds is 7. The number of aromatic nitrogens is 3. The first-order valence-electron chi connectivity index (χ1n) is 11.3. The summed E-state index contributed by atoms with van der Waals surface area (Å²) in [6.45, 7) is 6.41. The number of hydrogen-bond acceptors (Lipinski definition) is 6. The first-order chi connectivity index (χ1) is 16.2. The van der Waals surface area contributed by atoms with Crippen LogP contribution in [0.1, 0.15) is 22.8 Å². The van der Waals surface area contributed by atoms with Crippen LogP contribution in [-0.2, 0) is 17.8 Å². The third kappa shape index (κ3) is 4.83. The lowest BCUT2D eigenvalue weighted by Crippen LogP contribution is -2.47. The minimum Gasteiger partial charge on any atom is -0.374 e. The van der Waals surface area contributed by atoms with Crippen LogP contribution in [0.4, 0.5) is 0 Å². The highest BCUT2D eigenvalue weighted by Crippen LogP contribution is 2.28. The molecule has 1 N–H and O–H groups in total. The van der Waals surface area contributed by atoms with Gasteiger partial charge in [-0.3, -0.25) is 9.69 Å². The normalized spacial score (nSPS) is 16.8. The maximum atomic E-state index is 13.3. The van der Waals surface area contributed by atoms with Crippen LogP contribution in [0.25, 0.3) is 21.6 Å². The second-order valence-corrected chi connectivity index (χ2v) is 9.10. The summed E-state index contributed by atoms with van der Waals surface area (Å²) in [7, 11) is 0. The molecule has 3 aromatic heterocycles. The largest absolute Gasteiger partial charge is 0.374 e. The van der Waals surface area contributed by atoms with Crippen molar-refractivity contribution in [2.45, 2.75) is 26.1 Å². The number of ether oxygens (including phenoxy) is 1. The third-order valence-corrected chi connectivity index (χ3v) is 6.78. The second-order valence-electron chi connectivity index (χ2n) is 8.15. The average molecular weight is 462 g/mol. The van der Waals surface area contributed by atoms with Gasteiger partial charge in [0.25, 0.3) is 5.91 Å². The van der Waals surface area contributed by atoms with Crippen LogP contribution in [0.5, 0.6) is 0 Å². The van der Waals surface area contributed by atoms with Gasteiger partial charge in [-0.05, 0) is 30.0 Å². The summed E-state index contributed by atoms with van der Waals surface area (Å²) in [5.74, 6) is -0.125. The first-order valence-corrected chi connectivity index (χ1v) is 12.2. The van der Waals surface area contributed by atoms with E-state index in [-0.39, 0.29) is 12.0 Å². The van der Waals surface area contributed by atoms with Gasteiger partial charge in [0, 0.05) is 32.7 Å². The molecule has 8 heteroatoms. The fourth-order valence-corrected chi connectivity index (χ4v) is 4.89. The van der Waals surface area contributed by atoms with E-state index < -0.39 is 0 Å². The Morgan fingerprint density at radius 1 is 1.24 bits per heavy atom. The van der Waals surface area contributed by atoms with Crippen LogP contribution >= 0.6 is 11.3 Å². The number of nitrogens with one attached hydrogen (secondary N) is 1. The molecule has 0 spiro atoms. The van der Waals surface area contributed by atoms with Gasteiger partial charge in [-0.1, -0.05) is 36.4 Å². The predicted octanol–water partition coefficient (Wildman–Crippen LogP) is 3.81. The van der Waals surface area contributed by atoms with Gasteiger partial charge in [0.15, 0.2) is 5.65 Å². The number of carbonyl (C=O) groups excluding carboxylic acids is 1. The van der Waals surface area contributed by atoms with Gasteiger partial charge in [0.1, 0.15) is 0 Å².